The van der Waals surface area contributed by atoms with E-state index in [1.807, 2.05) is 30.3 Å². The SMILES string of the molecule is CO[C@H](C)C(O)NNC(=O)C1CC(NC(=O)c2cc(-c3ccccc3)no2)C1. The molecule has 28 heavy (non-hydrogen) atoms. The summed E-state index contributed by atoms with van der Waals surface area (Å²) in [5.74, 6) is -0.706. The molecule has 1 heterocycles. The number of hydrogen-bond donors (Lipinski definition) is 4. The van der Waals surface area contributed by atoms with Crippen LogP contribution in [0.4, 0.5) is 0 Å². The Kier molecular flexibility index (Phi) is 6.40. The second kappa shape index (κ2) is 8.96. The molecule has 0 radical (unpaired) electrons. The number of ether oxygens (including phenoxy) is 1. The zero-order valence-electron chi connectivity index (χ0n) is 15.7. The van der Waals surface area contributed by atoms with Crippen LogP contribution >= 0.6 is 0 Å². The molecule has 9 nitrogen and oxygen atoms in total. The van der Waals surface area contributed by atoms with Crippen LogP contribution in [-0.2, 0) is 9.53 Å². The zero-order chi connectivity index (χ0) is 20.1. The van der Waals surface area contributed by atoms with Crippen LogP contribution in [0.15, 0.2) is 40.9 Å². The first-order valence-corrected chi connectivity index (χ1v) is 9.07. The third-order valence-electron chi connectivity index (χ3n) is 4.81. The summed E-state index contributed by atoms with van der Waals surface area (Å²) < 4.78 is 10.1. The van der Waals surface area contributed by atoms with Crippen molar-refractivity contribution in [2.75, 3.05) is 7.11 Å². The molecule has 0 spiro atoms. The fraction of sp³-hybridized carbons (Fsp3) is 0.421. The van der Waals surface area contributed by atoms with Gasteiger partial charge in [-0.1, -0.05) is 35.5 Å². The first-order chi connectivity index (χ1) is 13.5. The minimum Gasteiger partial charge on any atom is -0.378 e. The molecular weight excluding hydrogens is 364 g/mol. The van der Waals surface area contributed by atoms with Crippen LogP contribution in [0.2, 0.25) is 0 Å². The van der Waals surface area contributed by atoms with Gasteiger partial charge < -0.3 is 19.7 Å². The van der Waals surface area contributed by atoms with Gasteiger partial charge in [-0.15, -0.1) is 0 Å². The van der Waals surface area contributed by atoms with Crippen molar-refractivity contribution in [3.63, 3.8) is 0 Å². The maximum absolute atomic E-state index is 12.3. The van der Waals surface area contributed by atoms with Gasteiger partial charge in [-0.25, -0.2) is 5.43 Å². The highest BCUT2D eigenvalue weighted by molar-refractivity contribution is 5.92. The Hall–Kier alpha value is -2.75. The average Bonchev–Trinajstić information content (AvgIpc) is 3.18. The van der Waals surface area contributed by atoms with Gasteiger partial charge in [-0.3, -0.25) is 15.0 Å². The molecule has 2 amide bonds. The van der Waals surface area contributed by atoms with Gasteiger partial charge in [0.2, 0.25) is 11.7 Å². The molecule has 9 heteroatoms. The van der Waals surface area contributed by atoms with E-state index in [1.165, 1.54) is 7.11 Å². The van der Waals surface area contributed by atoms with Crippen LogP contribution in [0.3, 0.4) is 0 Å². The lowest BCUT2D eigenvalue weighted by Gasteiger charge is -2.34. The Morgan fingerprint density at radius 2 is 2.00 bits per heavy atom. The molecule has 1 aromatic carbocycles. The summed E-state index contributed by atoms with van der Waals surface area (Å²) in [4.78, 5) is 24.3. The molecule has 1 aromatic heterocycles. The predicted octanol–water partition coefficient (Wildman–Crippen LogP) is 0.824. The number of methoxy groups -OCH3 is 1. The van der Waals surface area contributed by atoms with E-state index < -0.39 is 12.3 Å². The standard InChI is InChI=1S/C19H24N4O5/c1-11(27-2)17(24)21-22-18(25)13-8-14(9-13)20-19(26)16-10-15(23-28-16)12-6-4-3-5-7-12/h3-7,10-11,13-14,17,21,24H,8-9H2,1-2H3,(H,20,26)(H,22,25)/t11-,13?,14?,17?/m1/s1. The van der Waals surface area contributed by atoms with Gasteiger partial charge >= 0.3 is 0 Å². The number of nitrogens with one attached hydrogen (secondary N) is 3. The van der Waals surface area contributed by atoms with E-state index in [0.29, 0.717) is 18.5 Å². The number of rotatable bonds is 8. The average molecular weight is 388 g/mol. The first-order valence-electron chi connectivity index (χ1n) is 9.07. The van der Waals surface area contributed by atoms with Crippen LogP contribution in [-0.4, -0.2) is 47.6 Å². The van der Waals surface area contributed by atoms with Crippen molar-refractivity contribution in [2.45, 2.75) is 38.1 Å². The Bertz CT molecular complexity index is 804. The molecule has 1 fully saturated rings. The molecule has 1 unspecified atom stereocenters. The first kappa shape index (κ1) is 20.0. The highest BCUT2D eigenvalue weighted by Gasteiger charge is 2.36. The van der Waals surface area contributed by atoms with Crippen LogP contribution in [0, 0.1) is 5.92 Å². The largest absolute Gasteiger partial charge is 0.378 e. The van der Waals surface area contributed by atoms with E-state index in [9.17, 15) is 14.7 Å². The zero-order valence-corrected chi connectivity index (χ0v) is 15.7. The van der Waals surface area contributed by atoms with Gasteiger partial charge in [0.1, 0.15) is 11.9 Å². The topological polar surface area (TPSA) is 126 Å². The quantitative estimate of drug-likeness (QED) is 0.390. The number of benzene rings is 1. The van der Waals surface area contributed by atoms with Crippen molar-refractivity contribution in [1.29, 1.82) is 0 Å². The number of nitrogens with zero attached hydrogens (tertiary/aromatic N) is 1. The number of aromatic nitrogens is 1. The molecule has 0 aliphatic heterocycles. The van der Waals surface area contributed by atoms with Crippen molar-refractivity contribution in [1.82, 2.24) is 21.3 Å². The lowest BCUT2D eigenvalue weighted by molar-refractivity contribution is -0.131. The molecule has 1 saturated carbocycles. The number of carbonyl (C=O) groups is 2. The summed E-state index contributed by atoms with van der Waals surface area (Å²) in [6.45, 7) is 1.67. The van der Waals surface area contributed by atoms with Crippen LogP contribution in [0.5, 0.6) is 0 Å². The van der Waals surface area contributed by atoms with Crippen LogP contribution in [0.25, 0.3) is 11.3 Å². The second-order valence-electron chi connectivity index (χ2n) is 6.80. The van der Waals surface area contributed by atoms with Crippen LogP contribution < -0.4 is 16.2 Å². The molecule has 1 aliphatic rings. The molecule has 3 rings (SSSR count). The normalized spacial score (nSPS) is 20.7. The fourth-order valence-electron chi connectivity index (χ4n) is 2.83. The van der Waals surface area contributed by atoms with E-state index in [4.69, 9.17) is 9.26 Å². The molecule has 0 bridgehead atoms. The lowest BCUT2D eigenvalue weighted by atomic mass is 9.79. The van der Waals surface area contributed by atoms with E-state index in [0.717, 1.165) is 5.56 Å². The highest BCUT2D eigenvalue weighted by Crippen LogP contribution is 2.28. The van der Waals surface area contributed by atoms with Crippen molar-refractivity contribution >= 4 is 11.8 Å². The minimum atomic E-state index is -1.00. The number of hydrogen-bond acceptors (Lipinski definition) is 7. The van der Waals surface area contributed by atoms with E-state index >= 15 is 0 Å². The summed E-state index contributed by atoms with van der Waals surface area (Å²) in [5.41, 5.74) is 6.42. The minimum absolute atomic E-state index is 0.114. The fourth-order valence-corrected chi connectivity index (χ4v) is 2.83. The smallest absolute Gasteiger partial charge is 0.290 e. The summed E-state index contributed by atoms with van der Waals surface area (Å²) >= 11 is 0. The molecule has 2 aromatic rings. The molecule has 2 atom stereocenters. The van der Waals surface area contributed by atoms with Crippen molar-refractivity contribution < 1.29 is 24.0 Å². The monoisotopic (exact) mass is 388 g/mol. The molecule has 1 aliphatic carbocycles. The maximum atomic E-state index is 12.3. The summed E-state index contributed by atoms with van der Waals surface area (Å²) in [6, 6.07) is 10.9. The van der Waals surface area contributed by atoms with E-state index in [1.54, 1.807) is 13.0 Å². The van der Waals surface area contributed by atoms with Gasteiger partial charge in [0.25, 0.3) is 5.91 Å². The van der Waals surface area contributed by atoms with Gasteiger partial charge in [-0.05, 0) is 19.8 Å². The van der Waals surface area contributed by atoms with E-state index in [-0.39, 0.29) is 29.5 Å². The number of amides is 2. The predicted molar refractivity (Wildman–Crippen MR) is 99.7 cm³/mol. The highest BCUT2D eigenvalue weighted by atomic mass is 16.5. The Morgan fingerprint density at radius 1 is 1.29 bits per heavy atom. The van der Waals surface area contributed by atoms with Crippen molar-refractivity contribution in [3.05, 3.63) is 42.2 Å². The van der Waals surface area contributed by atoms with Gasteiger partial charge in [-0.2, -0.15) is 0 Å². The van der Waals surface area contributed by atoms with Gasteiger partial charge in [0, 0.05) is 30.7 Å². The molecule has 0 saturated heterocycles. The number of aliphatic hydroxyl groups is 1. The molecular formula is C19H24N4O5. The Morgan fingerprint density at radius 3 is 2.68 bits per heavy atom. The number of hydrazine groups is 1. The third-order valence-corrected chi connectivity index (χ3v) is 4.81. The molecule has 4 N–H and O–H groups in total. The summed E-state index contributed by atoms with van der Waals surface area (Å²) in [6.07, 6.45) is -0.449. The van der Waals surface area contributed by atoms with Gasteiger partial charge in [0.05, 0.1) is 6.10 Å². The third kappa shape index (κ3) is 4.75. The molecule has 150 valence electrons. The summed E-state index contributed by atoms with van der Waals surface area (Å²) in [5, 5.41) is 16.4. The summed E-state index contributed by atoms with van der Waals surface area (Å²) in [7, 11) is 1.47. The Labute approximate surface area is 162 Å². The lowest BCUT2D eigenvalue weighted by Crippen LogP contribution is -2.55. The van der Waals surface area contributed by atoms with Crippen LogP contribution in [0.1, 0.15) is 30.3 Å². The van der Waals surface area contributed by atoms with Crippen molar-refractivity contribution in [3.8, 4) is 11.3 Å². The second-order valence-corrected chi connectivity index (χ2v) is 6.80. The van der Waals surface area contributed by atoms with E-state index in [2.05, 4.69) is 21.3 Å². The number of carbonyl (C=O) groups excluding carboxylic acids is 2. The maximum Gasteiger partial charge on any atom is 0.290 e. The number of aliphatic hydroxyl groups excluding tert-OH is 1. The Balaban J connectivity index is 1.43. The van der Waals surface area contributed by atoms with Gasteiger partial charge in [0.15, 0.2) is 0 Å². The van der Waals surface area contributed by atoms with Crippen molar-refractivity contribution in [2.24, 2.45) is 5.92 Å².